The highest BCUT2D eigenvalue weighted by atomic mass is 127. The van der Waals surface area contributed by atoms with Crippen molar-refractivity contribution in [3.8, 4) is 0 Å². The number of hydrogen-bond acceptors (Lipinski definition) is 3. The van der Waals surface area contributed by atoms with Crippen molar-refractivity contribution < 1.29 is 27.8 Å². The van der Waals surface area contributed by atoms with Gasteiger partial charge >= 0.3 is 6.18 Å². The van der Waals surface area contributed by atoms with Gasteiger partial charge in [-0.15, -0.1) is 0 Å². The molecule has 1 heterocycles. The second-order valence-electron chi connectivity index (χ2n) is 7.42. The zero-order valence-corrected chi connectivity index (χ0v) is 17.4. The van der Waals surface area contributed by atoms with Gasteiger partial charge in [0.15, 0.2) is 5.60 Å². The fourth-order valence-electron chi connectivity index (χ4n) is 3.31. The number of fused-ring (bicyclic) bond motifs is 1. The lowest BCUT2D eigenvalue weighted by molar-refractivity contribution is -0.271. The molecule has 1 amide bonds. The molecule has 5 nitrogen and oxygen atoms in total. The van der Waals surface area contributed by atoms with Gasteiger partial charge in [0.05, 0.1) is 23.8 Å². The van der Waals surface area contributed by atoms with E-state index in [0.717, 1.165) is 14.5 Å². The normalized spacial score (nSPS) is 22.8. The number of H-pyrrole nitrogens is 1. The van der Waals surface area contributed by atoms with Crippen LogP contribution in [0.25, 0.3) is 10.9 Å². The van der Waals surface area contributed by atoms with Gasteiger partial charge in [0, 0.05) is 21.2 Å². The third-order valence-electron chi connectivity index (χ3n) is 5.09. The number of amides is 1. The Morgan fingerprint density at radius 3 is 2.64 bits per heavy atom. The molecule has 1 atom stereocenters. The molecule has 3 N–H and O–H groups in total. The molecule has 154 valence electrons. The molecule has 1 unspecified atom stereocenters. The third kappa shape index (κ3) is 4.80. The number of benzene rings is 1. The Kier molecular flexibility index (Phi) is 6.26. The first-order valence-corrected chi connectivity index (χ1v) is 10.1. The van der Waals surface area contributed by atoms with E-state index in [0.29, 0.717) is 38.2 Å². The summed E-state index contributed by atoms with van der Waals surface area (Å²) in [4.78, 5) is 15.8. The zero-order valence-electron chi connectivity index (χ0n) is 15.3. The minimum absolute atomic E-state index is 0.0571. The summed E-state index contributed by atoms with van der Waals surface area (Å²) in [5.74, 6) is -0.171. The molecule has 3 rings (SSSR count). The Labute approximate surface area is 174 Å². The molecule has 0 bridgehead atoms. The van der Waals surface area contributed by atoms with Crippen molar-refractivity contribution in [3.63, 3.8) is 0 Å². The molecule has 0 spiro atoms. The van der Waals surface area contributed by atoms with Gasteiger partial charge in [-0.3, -0.25) is 4.79 Å². The van der Waals surface area contributed by atoms with Gasteiger partial charge in [-0.05, 0) is 73.4 Å². The van der Waals surface area contributed by atoms with Crippen molar-refractivity contribution in [2.24, 2.45) is 0 Å². The van der Waals surface area contributed by atoms with Crippen molar-refractivity contribution in [2.75, 3.05) is 6.61 Å². The SMILES string of the molecule is CC(O)(CO[C@H]1CC[C@H](NC(=O)c2cc(I)cc3cc[nH]c23)CC1)C(F)(F)F. The van der Waals surface area contributed by atoms with Crippen LogP contribution in [0.15, 0.2) is 24.4 Å². The van der Waals surface area contributed by atoms with Crippen LogP contribution in [-0.2, 0) is 4.74 Å². The van der Waals surface area contributed by atoms with E-state index in [1.165, 1.54) is 0 Å². The van der Waals surface area contributed by atoms with Crippen LogP contribution in [-0.4, -0.2) is 46.5 Å². The zero-order chi connectivity index (χ0) is 20.5. The lowest BCUT2D eigenvalue weighted by atomic mass is 9.92. The summed E-state index contributed by atoms with van der Waals surface area (Å²) in [6.07, 6.45) is -1.00. The number of aromatic amines is 1. The summed E-state index contributed by atoms with van der Waals surface area (Å²) in [5, 5.41) is 13.4. The average molecular weight is 510 g/mol. The van der Waals surface area contributed by atoms with Crippen LogP contribution in [0, 0.1) is 3.57 Å². The lowest BCUT2D eigenvalue weighted by Crippen LogP contribution is -2.47. The van der Waals surface area contributed by atoms with E-state index >= 15 is 0 Å². The standard InChI is InChI=1S/C19H22F3IN2O3/c1-18(27,19(20,21)22)10-28-14-4-2-13(3-5-14)25-17(26)15-9-12(23)8-11-6-7-24-16(11)15/h6-9,13-14,24,27H,2-5,10H2,1H3,(H,25,26)/t13-,14-,18?. The van der Waals surface area contributed by atoms with E-state index in [9.17, 15) is 23.1 Å². The summed E-state index contributed by atoms with van der Waals surface area (Å²) in [6, 6.07) is 5.66. The number of carbonyl (C=O) groups excluding carboxylic acids is 1. The van der Waals surface area contributed by atoms with E-state index in [1.54, 1.807) is 6.20 Å². The van der Waals surface area contributed by atoms with Gasteiger partial charge in [-0.25, -0.2) is 0 Å². The molecule has 1 aromatic carbocycles. The number of halogens is 4. The Hall–Kier alpha value is -1.33. The minimum Gasteiger partial charge on any atom is -0.379 e. The Balaban J connectivity index is 1.53. The van der Waals surface area contributed by atoms with Crippen molar-refractivity contribution in [2.45, 2.75) is 56.5 Å². The fraction of sp³-hybridized carbons (Fsp3) is 0.526. The van der Waals surface area contributed by atoms with Crippen LogP contribution in [0.3, 0.4) is 0 Å². The molecular weight excluding hydrogens is 488 g/mol. The molecule has 0 saturated heterocycles. The van der Waals surface area contributed by atoms with E-state index in [2.05, 4.69) is 32.9 Å². The highest BCUT2D eigenvalue weighted by Gasteiger charge is 2.50. The van der Waals surface area contributed by atoms with Crippen LogP contribution in [0.2, 0.25) is 0 Å². The molecule has 1 fully saturated rings. The maximum absolute atomic E-state index is 12.7. The number of aromatic nitrogens is 1. The van der Waals surface area contributed by atoms with E-state index in [-0.39, 0.29) is 18.1 Å². The van der Waals surface area contributed by atoms with Crippen molar-refractivity contribution in [3.05, 3.63) is 33.5 Å². The molecule has 2 aromatic rings. The van der Waals surface area contributed by atoms with Crippen LogP contribution in [0.5, 0.6) is 0 Å². The molecule has 9 heteroatoms. The van der Waals surface area contributed by atoms with E-state index in [1.807, 2.05) is 18.2 Å². The van der Waals surface area contributed by atoms with E-state index < -0.39 is 18.4 Å². The Bertz CT molecular complexity index is 843. The van der Waals surface area contributed by atoms with Gasteiger partial charge in [0.1, 0.15) is 0 Å². The summed E-state index contributed by atoms with van der Waals surface area (Å²) in [6.45, 7) is -0.0765. The molecule has 28 heavy (non-hydrogen) atoms. The quantitative estimate of drug-likeness (QED) is 0.530. The first-order valence-electron chi connectivity index (χ1n) is 9.05. The van der Waals surface area contributed by atoms with Crippen LogP contribution in [0.1, 0.15) is 43.0 Å². The summed E-state index contributed by atoms with van der Waals surface area (Å²) in [5.41, 5.74) is -1.50. The topological polar surface area (TPSA) is 74.3 Å². The highest BCUT2D eigenvalue weighted by molar-refractivity contribution is 14.1. The van der Waals surface area contributed by atoms with Gasteiger partial charge in [-0.1, -0.05) is 0 Å². The molecule has 0 aliphatic heterocycles. The predicted octanol–water partition coefficient (Wildman–Crippen LogP) is 4.14. The number of alkyl halides is 3. The predicted molar refractivity (Wildman–Crippen MR) is 107 cm³/mol. The van der Waals surface area contributed by atoms with Crippen LogP contribution in [0.4, 0.5) is 13.2 Å². The number of carbonyl (C=O) groups is 1. The van der Waals surface area contributed by atoms with Crippen molar-refractivity contribution in [1.82, 2.24) is 10.3 Å². The van der Waals surface area contributed by atoms with Crippen LogP contribution >= 0.6 is 22.6 Å². The number of nitrogens with one attached hydrogen (secondary N) is 2. The molecule has 1 aliphatic carbocycles. The molecule has 0 radical (unpaired) electrons. The Morgan fingerprint density at radius 1 is 1.32 bits per heavy atom. The molecule has 1 aromatic heterocycles. The average Bonchev–Trinajstić information content (AvgIpc) is 3.07. The lowest BCUT2D eigenvalue weighted by Gasteiger charge is -2.32. The van der Waals surface area contributed by atoms with Gasteiger partial charge < -0.3 is 20.1 Å². The third-order valence-corrected chi connectivity index (χ3v) is 5.71. The number of hydrogen-bond donors (Lipinski definition) is 3. The monoisotopic (exact) mass is 510 g/mol. The fourth-order valence-corrected chi connectivity index (χ4v) is 3.96. The highest BCUT2D eigenvalue weighted by Crippen LogP contribution is 2.32. The first-order chi connectivity index (χ1) is 13.1. The second kappa shape index (κ2) is 8.19. The maximum atomic E-state index is 12.7. The van der Waals surface area contributed by atoms with Gasteiger partial charge in [-0.2, -0.15) is 13.2 Å². The van der Waals surface area contributed by atoms with Crippen LogP contribution < -0.4 is 5.32 Å². The van der Waals surface area contributed by atoms with Gasteiger partial charge in [0.2, 0.25) is 0 Å². The number of ether oxygens (including phenoxy) is 1. The Morgan fingerprint density at radius 2 is 2.00 bits per heavy atom. The minimum atomic E-state index is -4.73. The largest absolute Gasteiger partial charge is 0.419 e. The van der Waals surface area contributed by atoms with Gasteiger partial charge in [0.25, 0.3) is 5.91 Å². The van der Waals surface area contributed by atoms with Crippen molar-refractivity contribution in [1.29, 1.82) is 0 Å². The number of rotatable bonds is 5. The number of aliphatic hydroxyl groups is 1. The second-order valence-corrected chi connectivity index (χ2v) is 8.67. The summed E-state index contributed by atoms with van der Waals surface area (Å²) < 4.78 is 44.3. The molecule has 1 saturated carbocycles. The molecular formula is C19H22F3IN2O3. The summed E-state index contributed by atoms with van der Waals surface area (Å²) in [7, 11) is 0. The van der Waals surface area contributed by atoms with E-state index in [4.69, 9.17) is 4.74 Å². The first kappa shape index (κ1) is 21.4. The molecule has 1 aliphatic rings. The maximum Gasteiger partial charge on any atom is 0.419 e. The smallest absolute Gasteiger partial charge is 0.379 e. The summed E-state index contributed by atoms with van der Waals surface area (Å²) >= 11 is 2.17. The van der Waals surface area contributed by atoms with Crippen molar-refractivity contribution >= 4 is 39.4 Å².